The summed E-state index contributed by atoms with van der Waals surface area (Å²) < 4.78 is 10.6. The van der Waals surface area contributed by atoms with Crippen LogP contribution in [0, 0.1) is 11.8 Å². The minimum absolute atomic E-state index is 0.137. The molecule has 0 unspecified atom stereocenters. The van der Waals surface area contributed by atoms with Crippen LogP contribution in [0.25, 0.3) is 0 Å². The van der Waals surface area contributed by atoms with E-state index in [0.29, 0.717) is 12.4 Å². The summed E-state index contributed by atoms with van der Waals surface area (Å²) in [4.78, 5) is 0. The maximum atomic E-state index is 8.43. The molecule has 3 heteroatoms. The van der Waals surface area contributed by atoms with Crippen molar-refractivity contribution in [3.63, 3.8) is 0 Å². The van der Waals surface area contributed by atoms with Crippen molar-refractivity contribution in [1.82, 2.24) is 0 Å². The van der Waals surface area contributed by atoms with E-state index in [9.17, 15) is 0 Å². The lowest BCUT2D eigenvalue weighted by Gasteiger charge is -2.05. The van der Waals surface area contributed by atoms with Crippen LogP contribution in [0.5, 0.6) is 11.5 Å². The molecule has 0 radical (unpaired) electrons. The highest BCUT2D eigenvalue weighted by atomic mass is 16.5. The van der Waals surface area contributed by atoms with Crippen LogP contribution in [0.4, 0.5) is 0 Å². The molecule has 0 bridgehead atoms. The van der Waals surface area contributed by atoms with E-state index >= 15 is 0 Å². The average Bonchev–Trinajstić information content (AvgIpc) is 2.26. The topological polar surface area (TPSA) is 38.7 Å². The summed E-state index contributed by atoms with van der Waals surface area (Å²) >= 11 is 0. The smallest absolute Gasteiger partial charge is 0.149 e. The van der Waals surface area contributed by atoms with Gasteiger partial charge in [0.25, 0.3) is 0 Å². The van der Waals surface area contributed by atoms with Crippen LogP contribution in [-0.4, -0.2) is 24.9 Å². The van der Waals surface area contributed by atoms with E-state index in [1.54, 1.807) is 0 Å². The molecule has 0 spiro atoms. The Bertz CT molecular complexity index is 349. The summed E-state index contributed by atoms with van der Waals surface area (Å²) in [5.41, 5.74) is 0. The molecule has 0 fully saturated rings. The van der Waals surface area contributed by atoms with Crippen molar-refractivity contribution < 1.29 is 14.6 Å². The summed E-state index contributed by atoms with van der Waals surface area (Å²) in [5.74, 6) is 6.68. The van der Waals surface area contributed by atoms with Gasteiger partial charge in [0.2, 0.25) is 0 Å². The monoisotopic (exact) mass is 206 g/mol. The number of aliphatic hydroxyl groups excluding tert-OH is 1. The summed E-state index contributed by atoms with van der Waals surface area (Å²) in [7, 11) is 0. The van der Waals surface area contributed by atoms with Crippen molar-refractivity contribution in [2.24, 2.45) is 0 Å². The molecule has 0 heterocycles. The number of benzene rings is 1. The van der Waals surface area contributed by atoms with Crippen molar-refractivity contribution >= 4 is 0 Å². The molecule has 0 aliphatic heterocycles. The van der Waals surface area contributed by atoms with E-state index in [2.05, 4.69) is 11.8 Å². The summed E-state index contributed by atoms with van der Waals surface area (Å²) in [6.07, 6.45) is 0. The van der Waals surface area contributed by atoms with E-state index < -0.39 is 0 Å². The van der Waals surface area contributed by atoms with Crippen LogP contribution in [-0.2, 0) is 0 Å². The van der Waals surface area contributed by atoms with Gasteiger partial charge in [0.15, 0.2) is 0 Å². The highest BCUT2D eigenvalue weighted by molar-refractivity contribution is 5.33. The number of hydrogen-bond acceptors (Lipinski definition) is 3. The van der Waals surface area contributed by atoms with Gasteiger partial charge >= 0.3 is 0 Å². The molecule has 0 atom stereocenters. The van der Waals surface area contributed by atoms with E-state index in [-0.39, 0.29) is 13.2 Å². The first-order valence-corrected chi connectivity index (χ1v) is 4.79. The molecule has 0 aliphatic rings. The van der Waals surface area contributed by atoms with Crippen molar-refractivity contribution in [3.05, 3.63) is 24.3 Å². The SMILES string of the molecule is CCOc1cccc(OCC#CCO)c1. The van der Waals surface area contributed by atoms with Gasteiger partial charge in [-0.3, -0.25) is 0 Å². The molecule has 1 N–H and O–H groups in total. The lowest BCUT2D eigenvalue weighted by Crippen LogP contribution is -1.96. The summed E-state index contributed by atoms with van der Waals surface area (Å²) in [5, 5.41) is 8.43. The Morgan fingerprint density at radius 2 is 1.93 bits per heavy atom. The zero-order chi connectivity index (χ0) is 10.9. The number of rotatable bonds is 4. The van der Waals surface area contributed by atoms with E-state index in [1.807, 2.05) is 31.2 Å². The Kier molecular flexibility index (Phi) is 5.13. The molecule has 0 amide bonds. The second-order valence-electron chi connectivity index (χ2n) is 2.71. The van der Waals surface area contributed by atoms with Gasteiger partial charge in [-0.25, -0.2) is 0 Å². The fourth-order valence-electron chi connectivity index (χ4n) is 1.05. The third-order valence-electron chi connectivity index (χ3n) is 1.63. The average molecular weight is 206 g/mol. The van der Waals surface area contributed by atoms with Gasteiger partial charge in [-0.15, -0.1) is 0 Å². The van der Waals surface area contributed by atoms with Crippen LogP contribution in [0.3, 0.4) is 0 Å². The zero-order valence-electron chi connectivity index (χ0n) is 8.69. The molecule has 80 valence electrons. The zero-order valence-corrected chi connectivity index (χ0v) is 8.69. The first kappa shape index (κ1) is 11.4. The summed E-state index contributed by atoms with van der Waals surface area (Å²) in [6.45, 7) is 2.70. The van der Waals surface area contributed by atoms with Gasteiger partial charge in [0, 0.05) is 6.07 Å². The third-order valence-corrected chi connectivity index (χ3v) is 1.63. The van der Waals surface area contributed by atoms with Crippen molar-refractivity contribution in [3.8, 4) is 23.3 Å². The van der Waals surface area contributed by atoms with Gasteiger partial charge in [0.1, 0.15) is 24.7 Å². The molecule has 1 aromatic carbocycles. The van der Waals surface area contributed by atoms with E-state index in [1.165, 1.54) is 0 Å². The van der Waals surface area contributed by atoms with Crippen molar-refractivity contribution in [2.75, 3.05) is 19.8 Å². The predicted octanol–water partition coefficient (Wildman–Crippen LogP) is 1.46. The van der Waals surface area contributed by atoms with Crippen LogP contribution in [0.2, 0.25) is 0 Å². The maximum Gasteiger partial charge on any atom is 0.149 e. The molecule has 1 rings (SSSR count). The van der Waals surface area contributed by atoms with Crippen LogP contribution < -0.4 is 9.47 Å². The Labute approximate surface area is 89.6 Å². The highest BCUT2D eigenvalue weighted by Gasteiger charge is 1.95. The first-order chi connectivity index (χ1) is 7.36. The normalized spacial score (nSPS) is 8.93. The quantitative estimate of drug-likeness (QED) is 0.758. The third kappa shape index (κ3) is 4.39. The molecular formula is C12H14O3. The first-order valence-electron chi connectivity index (χ1n) is 4.79. The Morgan fingerprint density at radius 3 is 2.60 bits per heavy atom. The van der Waals surface area contributed by atoms with Crippen molar-refractivity contribution in [1.29, 1.82) is 0 Å². The number of ether oxygens (including phenoxy) is 2. The molecule has 15 heavy (non-hydrogen) atoms. The molecular weight excluding hydrogens is 192 g/mol. The Morgan fingerprint density at radius 1 is 1.20 bits per heavy atom. The molecule has 0 saturated carbocycles. The van der Waals surface area contributed by atoms with Gasteiger partial charge in [-0.2, -0.15) is 0 Å². The maximum absolute atomic E-state index is 8.43. The van der Waals surface area contributed by atoms with Gasteiger partial charge in [-0.1, -0.05) is 17.9 Å². The number of aliphatic hydroxyl groups is 1. The number of hydrogen-bond donors (Lipinski definition) is 1. The van der Waals surface area contributed by atoms with Crippen LogP contribution in [0.15, 0.2) is 24.3 Å². The lowest BCUT2D eigenvalue weighted by atomic mass is 10.3. The van der Waals surface area contributed by atoms with Gasteiger partial charge in [-0.05, 0) is 19.1 Å². The van der Waals surface area contributed by atoms with Gasteiger partial charge in [0.05, 0.1) is 6.61 Å². The molecule has 3 nitrogen and oxygen atoms in total. The minimum Gasteiger partial charge on any atom is -0.494 e. The molecule has 1 aromatic rings. The summed E-state index contributed by atoms with van der Waals surface area (Å²) in [6, 6.07) is 7.38. The largest absolute Gasteiger partial charge is 0.494 e. The second-order valence-corrected chi connectivity index (χ2v) is 2.71. The van der Waals surface area contributed by atoms with E-state index in [4.69, 9.17) is 14.6 Å². The Hall–Kier alpha value is -1.66. The molecule has 0 aliphatic carbocycles. The fourth-order valence-corrected chi connectivity index (χ4v) is 1.05. The van der Waals surface area contributed by atoms with Crippen LogP contribution in [0.1, 0.15) is 6.92 Å². The standard InChI is InChI=1S/C12H14O3/c1-2-14-11-6-5-7-12(10-11)15-9-4-3-8-13/h5-7,10,13H,2,8-9H2,1H3. The van der Waals surface area contributed by atoms with Gasteiger partial charge < -0.3 is 14.6 Å². The minimum atomic E-state index is -0.137. The highest BCUT2D eigenvalue weighted by Crippen LogP contribution is 2.18. The van der Waals surface area contributed by atoms with Crippen LogP contribution >= 0.6 is 0 Å². The molecule has 0 aromatic heterocycles. The molecule has 0 saturated heterocycles. The fraction of sp³-hybridized carbons (Fsp3) is 0.333. The second kappa shape index (κ2) is 6.74. The Balaban J connectivity index is 2.50. The van der Waals surface area contributed by atoms with E-state index in [0.717, 1.165) is 5.75 Å². The lowest BCUT2D eigenvalue weighted by molar-refractivity contribution is 0.331. The predicted molar refractivity (Wildman–Crippen MR) is 58.0 cm³/mol. The van der Waals surface area contributed by atoms with Crippen molar-refractivity contribution in [2.45, 2.75) is 6.92 Å².